The first-order valence-electron chi connectivity index (χ1n) is 6.05. The highest BCUT2D eigenvalue weighted by atomic mass is 32.1. The third-order valence-electron chi connectivity index (χ3n) is 4.30. The van der Waals surface area contributed by atoms with E-state index in [-0.39, 0.29) is 0 Å². The van der Waals surface area contributed by atoms with Gasteiger partial charge in [0.15, 0.2) is 0 Å². The molecule has 0 aromatic rings. The molecule has 0 nitrogen and oxygen atoms in total. The summed E-state index contributed by atoms with van der Waals surface area (Å²) in [4.78, 5) is 1.23. The van der Waals surface area contributed by atoms with Crippen molar-refractivity contribution in [2.45, 2.75) is 44.8 Å². The SMILES string of the molecule is CC(S)=C1CC(=C2CC(=C3C(C)C3S)C2)C1. The maximum Gasteiger partial charge on any atom is 0.0295 e. The van der Waals surface area contributed by atoms with Gasteiger partial charge in [-0.1, -0.05) is 34.8 Å². The molecule has 0 N–H and O–H groups in total. The average Bonchev–Trinajstić information content (AvgIpc) is 2.62. The standard InChI is InChI=1S/C14H18S2/c1-7-13(14(7)16)12-5-11(6-12)10-3-9(4-10)8(2)15/h7,14-16H,3-6H2,1-2H3. The van der Waals surface area contributed by atoms with Crippen LogP contribution in [0.25, 0.3) is 0 Å². The van der Waals surface area contributed by atoms with Gasteiger partial charge in [0, 0.05) is 5.25 Å². The van der Waals surface area contributed by atoms with Gasteiger partial charge in [0.25, 0.3) is 0 Å². The summed E-state index contributed by atoms with van der Waals surface area (Å²) in [6.07, 6.45) is 4.91. The van der Waals surface area contributed by atoms with Gasteiger partial charge in [-0.05, 0) is 43.4 Å². The first-order valence-corrected chi connectivity index (χ1v) is 7.01. The van der Waals surface area contributed by atoms with E-state index >= 15 is 0 Å². The van der Waals surface area contributed by atoms with Crippen molar-refractivity contribution in [1.29, 1.82) is 0 Å². The number of allylic oxidation sites excluding steroid dienone is 5. The van der Waals surface area contributed by atoms with Crippen LogP contribution < -0.4 is 0 Å². The van der Waals surface area contributed by atoms with Gasteiger partial charge in [-0.15, -0.1) is 12.6 Å². The van der Waals surface area contributed by atoms with E-state index < -0.39 is 0 Å². The van der Waals surface area contributed by atoms with Crippen molar-refractivity contribution in [3.05, 3.63) is 32.8 Å². The van der Waals surface area contributed by atoms with E-state index in [0.717, 1.165) is 5.92 Å². The minimum absolute atomic E-state index is 0.582. The fourth-order valence-corrected chi connectivity index (χ4v) is 3.44. The van der Waals surface area contributed by atoms with E-state index in [1.807, 2.05) is 0 Å². The Morgan fingerprint density at radius 3 is 2.00 bits per heavy atom. The zero-order valence-electron chi connectivity index (χ0n) is 9.88. The first kappa shape index (κ1) is 11.0. The van der Waals surface area contributed by atoms with Crippen LogP contribution in [0.15, 0.2) is 32.8 Å². The van der Waals surface area contributed by atoms with E-state index in [0.29, 0.717) is 5.25 Å². The van der Waals surface area contributed by atoms with Crippen molar-refractivity contribution in [2.75, 3.05) is 0 Å². The van der Waals surface area contributed by atoms with Gasteiger partial charge in [-0.3, -0.25) is 0 Å². The Kier molecular flexibility index (Phi) is 2.56. The molecular weight excluding hydrogens is 232 g/mol. The molecule has 3 fully saturated rings. The molecule has 0 heterocycles. The molecular formula is C14H18S2. The molecule has 3 rings (SSSR count). The van der Waals surface area contributed by atoms with Crippen molar-refractivity contribution in [1.82, 2.24) is 0 Å². The van der Waals surface area contributed by atoms with Crippen LogP contribution in [-0.4, -0.2) is 5.25 Å². The largest absolute Gasteiger partial charge is 0.171 e. The predicted octanol–water partition coefficient (Wildman–Crippen LogP) is 4.32. The summed E-state index contributed by atoms with van der Waals surface area (Å²) in [6.45, 7) is 4.39. The fraction of sp³-hybridized carbons (Fsp3) is 0.571. The molecule has 3 aliphatic carbocycles. The van der Waals surface area contributed by atoms with Gasteiger partial charge >= 0.3 is 0 Å². The third kappa shape index (κ3) is 1.62. The van der Waals surface area contributed by atoms with Gasteiger partial charge in [0.1, 0.15) is 0 Å². The van der Waals surface area contributed by atoms with E-state index in [1.54, 1.807) is 27.9 Å². The molecule has 3 aliphatic rings. The average molecular weight is 250 g/mol. The normalized spacial score (nSPS) is 32.6. The highest BCUT2D eigenvalue weighted by Gasteiger charge is 2.42. The highest BCUT2D eigenvalue weighted by Crippen LogP contribution is 2.53. The molecule has 3 saturated carbocycles. The lowest BCUT2D eigenvalue weighted by molar-refractivity contribution is 0.742. The second-order valence-electron chi connectivity index (χ2n) is 5.40. The quantitative estimate of drug-likeness (QED) is 0.464. The summed E-state index contributed by atoms with van der Waals surface area (Å²) < 4.78 is 0. The van der Waals surface area contributed by atoms with Gasteiger partial charge in [-0.2, -0.15) is 12.6 Å². The van der Waals surface area contributed by atoms with Crippen LogP contribution in [0, 0.1) is 5.92 Å². The van der Waals surface area contributed by atoms with Crippen LogP contribution in [0.1, 0.15) is 39.5 Å². The summed E-state index contributed by atoms with van der Waals surface area (Å²) >= 11 is 8.96. The zero-order chi connectivity index (χ0) is 11.4. The Balaban J connectivity index is 1.66. The highest BCUT2D eigenvalue weighted by molar-refractivity contribution is 7.84. The van der Waals surface area contributed by atoms with Crippen molar-refractivity contribution in [3.8, 4) is 0 Å². The lowest BCUT2D eigenvalue weighted by Crippen LogP contribution is -2.14. The van der Waals surface area contributed by atoms with Gasteiger partial charge in [0.05, 0.1) is 0 Å². The maximum absolute atomic E-state index is 4.56. The molecule has 0 bridgehead atoms. The number of thiol groups is 2. The summed E-state index contributed by atoms with van der Waals surface area (Å²) in [7, 11) is 0. The van der Waals surface area contributed by atoms with Gasteiger partial charge in [0.2, 0.25) is 0 Å². The van der Waals surface area contributed by atoms with Crippen LogP contribution in [0.2, 0.25) is 0 Å². The summed E-state index contributed by atoms with van der Waals surface area (Å²) in [5.74, 6) is 0.751. The van der Waals surface area contributed by atoms with E-state index in [9.17, 15) is 0 Å². The van der Waals surface area contributed by atoms with E-state index in [4.69, 9.17) is 0 Å². The van der Waals surface area contributed by atoms with Crippen LogP contribution in [-0.2, 0) is 0 Å². The lowest BCUT2D eigenvalue weighted by Gasteiger charge is -2.33. The van der Waals surface area contributed by atoms with Crippen LogP contribution >= 0.6 is 25.3 Å². The Morgan fingerprint density at radius 1 is 1.06 bits per heavy atom. The molecule has 0 aliphatic heterocycles. The summed E-state index contributed by atoms with van der Waals surface area (Å²) in [5.41, 5.74) is 8.28. The Morgan fingerprint density at radius 2 is 1.56 bits per heavy atom. The molecule has 0 aromatic heterocycles. The van der Waals surface area contributed by atoms with Crippen molar-refractivity contribution < 1.29 is 0 Å². The molecule has 0 radical (unpaired) electrons. The Labute approximate surface area is 109 Å². The molecule has 0 aromatic carbocycles. The number of hydrogen-bond donors (Lipinski definition) is 2. The second-order valence-corrected chi connectivity index (χ2v) is 6.62. The monoisotopic (exact) mass is 250 g/mol. The molecule has 0 saturated heterocycles. The van der Waals surface area contributed by atoms with Crippen molar-refractivity contribution in [3.63, 3.8) is 0 Å². The summed E-state index contributed by atoms with van der Waals surface area (Å²) in [6, 6.07) is 0. The van der Waals surface area contributed by atoms with Gasteiger partial charge < -0.3 is 0 Å². The molecule has 86 valence electrons. The van der Waals surface area contributed by atoms with Crippen LogP contribution in [0.3, 0.4) is 0 Å². The topological polar surface area (TPSA) is 0 Å². The van der Waals surface area contributed by atoms with Crippen molar-refractivity contribution in [2.24, 2.45) is 5.92 Å². The number of rotatable bonds is 0. The minimum atomic E-state index is 0.582. The number of hydrogen-bond acceptors (Lipinski definition) is 2. The summed E-state index contributed by atoms with van der Waals surface area (Å²) in [5, 5.41) is 0.582. The smallest absolute Gasteiger partial charge is 0.0295 e. The van der Waals surface area contributed by atoms with Crippen LogP contribution in [0.5, 0.6) is 0 Å². The lowest BCUT2D eigenvalue weighted by atomic mass is 9.73. The molecule has 0 amide bonds. The Bertz CT molecular complexity index is 417. The Hall–Kier alpha value is -0.0800. The first-order chi connectivity index (χ1) is 7.58. The van der Waals surface area contributed by atoms with E-state index in [2.05, 4.69) is 39.1 Å². The molecule has 16 heavy (non-hydrogen) atoms. The fourth-order valence-electron chi connectivity index (χ4n) is 2.79. The predicted molar refractivity (Wildman–Crippen MR) is 76.1 cm³/mol. The van der Waals surface area contributed by atoms with Crippen LogP contribution in [0.4, 0.5) is 0 Å². The van der Waals surface area contributed by atoms with Crippen molar-refractivity contribution >= 4 is 25.3 Å². The maximum atomic E-state index is 4.56. The third-order valence-corrected chi connectivity index (χ3v) is 5.34. The molecule has 2 heteroatoms. The zero-order valence-corrected chi connectivity index (χ0v) is 11.7. The molecule has 2 atom stereocenters. The molecule has 0 spiro atoms. The van der Waals surface area contributed by atoms with E-state index in [1.165, 1.54) is 30.6 Å². The second kappa shape index (κ2) is 3.71. The molecule has 2 unspecified atom stereocenters. The minimum Gasteiger partial charge on any atom is -0.171 e. The van der Waals surface area contributed by atoms with Gasteiger partial charge in [-0.25, -0.2) is 0 Å².